The molecular weight excluding hydrogens is 650 g/mol. The summed E-state index contributed by atoms with van der Waals surface area (Å²) in [5.41, 5.74) is 2.59. The van der Waals surface area contributed by atoms with Gasteiger partial charge in [-0.2, -0.15) is 0 Å². The predicted molar refractivity (Wildman–Crippen MR) is 194 cm³/mol. The molecule has 0 spiro atoms. The summed E-state index contributed by atoms with van der Waals surface area (Å²) in [4.78, 5) is 29.9. The Kier molecular flexibility index (Phi) is 13.5. The van der Waals surface area contributed by atoms with E-state index in [1.54, 1.807) is 57.6 Å². The van der Waals surface area contributed by atoms with E-state index in [0.29, 0.717) is 34.4 Å². The molecule has 9 nitrogen and oxygen atoms in total. The number of para-hydroxylation sites is 1. The van der Waals surface area contributed by atoms with Gasteiger partial charge in [-0.15, -0.1) is 0 Å². The Bertz CT molecular complexity index is 1740. The highest BCUT2D eigenvalue weighted by atomic mass is 32.4. The van der Waals surface area contributed by atoms with Crippen LogP contribution in [0, 0.1) is 5.41 Å². The molecule has 47 heavy (non-hydrogen) atoms. The molecule has 0 aliphatic heterocycles. The molecule has 1 aliphatic rings. The van der Waals surface area contributed by atoms with E-state index < -0.39 is 12.6 Å². The molecule has 3 aromatic carbocycles. The van der Waals surface area contributed by atoms with Crippen molar-refractivity contribution in [1.82, 2.24) is 15.4 Å². The number of rotatable bonds is 14. The van der Waals surface area contributed by atoms with Gasteiger partial charge in [0.15, 0.2) is 0 Å². The molecule has 1 fully saturated rings. The van der Waals surface area contributed by atoms with Crippen LogP contribution in [-0.4, -0.2) is 49.2 Å². The third kappa shape index (κ3) is 11.3. The zero-order valence-corrected chi connectivity index (χ0v) is 28.9. The second kappa shape index (κ2) is 17.7. The molecule has 2 atom stereocenters. The number of amides is 1. The SMILES string of the molecule is CNC(=O)c1ccccc1Sc1ccc(C(=N)/C=C/c2ccccn2)c(NP(=S)(NC(C)C=O)Oc2ccccc2)c1.COC1CC1. The standard InChI is InChI=1S/C31H30N5O3PS2.C4H8O/c1-22(21-37)35-40(41,39-24-11-4-3-5-12-24)36-29-20-25(42-30-14-7-6-13-27(30)31(38)33-2)16-17-26(29)28(32)18-15-23-10-8-9-19-34-23;1-5-4-2-3-4/h3-22,32H,1-2H3,(H,33,38)(H2,35,36,41);4H,2-3H2,1H3/b18-15+,32-28?;. The van der Waals surface area contributed by atoms with E-state index in [1.807, 2.05) is 72.8 Å². The van der Waals surface area contributed by atoms with Crippen LogP contribution in [0.4, 0.5) is 5.69 Å². The number of aldehydes is 1. The van der Waals surface area contributed by atoms with Gasteiger partial charge in [0.05, 0.1) is 34.8 Å². The first-order valence-electron chi connectivity index (χ1n) is 14.9. The average Bonchev–Trinajstić information content (AvgIpc) is 3.93. The first-order valence-corrected chi connectivity index (χ1v) is 18.5. The maximum Gasteiger partial charge on any atom is 0.274 e. The van der Waals surface area contributed by atoms with Crippen molar-refractivity contribution in [2.24, 2.45) is 0 Å². The Balaban J connectivity index is 0.000000912. The van der Waals surface area contributed by atoms with E-state index >= 15 is 0 Å². The number of pyridine rings is 1. The lowest BCUT2D eigenvalue weighted by molar-refractivity contribution is -0.108. The fraction of sp³-hybridized carbons (Fsp3) is 0.200. The van der Waals surface area contributed by atoms with Crippen LogP contribution in [0.5, 0.6) is 5.75 Å². The number of nitrogens with one attached hydrogen (secondary N) is 4. The molecule has 4 aromatic rings. The molecule has 0 bridgehead atoms. The highest BCUT2D eigenvalue weighted by molar-refractivity contribution is 8.12. The van der Waals surface area contributed by atoms with E-state index in [0.717, 1.165) is 16.1 Å². The van der Waals surface area contributed by atoms with E-state index in [-0.39, 0.29) is 11.6 Å². The summed E-state index contributed by atoms with van der Waals surface area (Å²) in [7, 11) is 3.36. The lowest BCUT2D eigenvalue weighted by atomic mass is 10.1. The lowest BCUT2D eigenvalue weighted by Gasteiger charge is -2.28. The Morgan fingerprint density at radius 3 is 2.40 bits per heavy atom. The Hall–Kier alpha value is -4.12. The highest BCUT2D eigenvalue weighted by Crippen LogP contribution is 2.46. The lowest BCUT2D eigenvalue weighted by Crippen LogP contribution is -2.29. The highest BCUT2D eigenvalue weighted by Gasteiger charge is 2.25. The van der Waals surface area contributed by atoms with Crippen molar-refractivity contribution < 1.29 is 18.8 Å². The quantitative estimate of drug-likeness (QED) is 0.0611. The van der Waals surface area contributed by atoms with Crippen molar-refractivity contribution in [2.45, 2.75) is 41.7 Å². The number of aromatic nitrogens is 1. The predicted octanol–water partition coefficient (Wildman–Crippen LogP) is 7.36. The van der Waals surface area contributed by atoms with Gasteiger partial charge >= 0.3 is 0 Å². The minimum Gasteiger partial charge on any atom is -0.437 e. The van der Waals surface area contributed by atoms with Crippen molar-refractivity contribution >= 4 is 59.8 Å². The first kappa shape index (κ1) is 35.7. The van der Waals surface area contributed by atoms with Crippen LogP contribution >= 0.6 is 18.3 Å². The second-order valence-electron chi connectivity index (χ2n) is 10.4. The van der Waals surface area contributed by atoms with Gasteiger partial charge in [-0.25, -0.2) is 5.09 Å². The number of hydrogen-bond acceptors (Lipinski definition) is 8. The number of ether oxygens (including phenoxy) is 1. The summed E-state index contributed by atoms with van der Waals surface area (Å²) in [5, 5.41) is 18.0. The van der Waals surface area contributed by atoms with Crippen molar-refractivity contribution in [3.05, 3.63) is 120 Å². The van der Waals surface area contributed by atoms with Crippen molar-refractivity contribution in [3.8, 4) is 5.75 Å². The Morgan fingerprint density at radius 2 is 1.77 bits per heavy atom. The molecule has 5 rings (SSSR count). The summed E-state index contributed by atoms with van der Waals surface area (Å²) < 4.78 is 11.1. The monoisotopic (exact) mass is 687 g/mol. The van der Waals surface area contributed by atoms with Gasteiger partial charge in [0, 0.05) is 35.7 Å². The summed E-state index contributed by atoms with van der Waals surface area (Å²) in [6, 6.07) is 27.0. The van der Waals surface area contributed by atoms with Crippen molar-refractivity contribution in [1.29, 1.82) is 5.41 Å². The van der Waals surface area contributed by atoms with Gasteiger partial charge in [0.1, 0.15) is 12.0 Å². The Morgan fingerprint density at radius 1 is 1.04 bits per heavy atom. The van der Waals surface area contributed by atoms with Gasteiger partial charge in [-0.1, -0.05) is 48.2 Å². The summed E-state index contributed by atoms with van der Waals surface area (Å²) in [5.74, 6) is 0.351. The third-order valence-corrected chi connectivity index (χ3v) is 10.3. The number of allylic oxidation sites excluding steroid dienone is 1. The van der Waals surface area contributed by atoms with Gasteiger partial charge in [0.25, 0.3) is 12.5 Å². The van der Waals surface area contributed by atoms with Gasteiger partial charge in [-0.3, -0.25) is 9.78 Å². The number of anilines is 1. The number of carbonyl (C=O) groups excluding carboxylic acids is 2. The van der Waals surface area contributed by atoms with Gasteiger partial charge < -0.3 is 29.9 Å². The van der Waals surface area contributed by atoms with Crippen LogP contribution in [0.25, 0.3) is 6.08 Å². The number of hydrogen-bond donors (Lipinski definition) is 4. The molecule has 244 valence electrons. The number of benzene rings is 3. The zero-order chi connectivity index (χ0) is 33.6. The number of carbonyl (C=O) groups is 2. The molecule has 1 amide bonds. The molecular formula is C35H38N5O4PS2. The minimum atomic E-state index is -3.12. The fourth-order valence-electron chi connectivity index (χ4n) is 4.12. The summed E-state index contributed by atoms with van der Waals surface area (Å²) in [6.45, 7) is -1.42. The van der Waals surface area contributed by atoms with Crippen LogP contribution in [0.1, 0.15) is 41.4 Å². The zero-order valence-electron chi connectivity index (χ0n) is 26.4. The topological polar surface area (TPSA) is 125 Å². The molecule has 0 radical (unpaired) electrons. The Labute approximate surface area is 285 Å². The minimum absolute atomic E-state index is 0.187. The molecule has 1 heterocycles. The average molecular weight is 688 g/mol. The molecule has 4 N–H and O–H groups in total. The fourth-order valence-corrected chi connectivity index (χ4v) is 7.84. The maximum atomic E-state index is 12.5. The van der Waals surface area contributed by atoms with E-state index in [1.165, 1.54) is 24.6 Å². The third-order valence-electron chi connectivity index (χ3n) is 6.66. The molecule has 1 saturated carbocycles. The molecule has 2 unspecified atom stereocenters. The van der Waals surface area contributed by atoms with E-state index in [4.69, 9.17) is 26.5 Å². The van der Waals surface area contributed by atoms with Gasteiger partial charge in [-0.05, 0) is 98.3 Å². The molecule has 12 heteroatoms. The second-order valence-corrected chi connectivity index (χ2v) is 14.9. The van der Waals surface area contributed by atoms with Crippen molar-refractivity contribution in [2.75, 3.05) is 19.2 Å². The molecule has 1 aromatic heterocycles. The van der Waals surface area contributed by atoms with Crippen LogP contribution in [-0.2, 0) is 21.3 Å². The van der Waals surface area contributed by atoms with Crippen LogP contribution in [0.15, 0.2) is 113 Å². The van der Waals surface area contributed by atoms with Crippen LogP contribution in [0.2, 0.25) is 0 Å². The summed E-state index contributed by atoms with van der Waals surface area (Å²) in [6.07, 6.45) is 9.09. The summed E-state index contributed by atoms with van der Waals surface area (Å²) >= 11 is 7.40. The number of methoxy groups -OCH3 is 1. The van der Waals surface area contributed by atoms with Gasteiger partial charge in [0.2, 0.25) is 0 Å². The van der Waals surface area contributed by atoms with Crippen LogP contribution < -0.4 is 20.0 Å². The van der Waals surface area contributed by atoms with E-state index in [2.05, 4.69) is 20.5 Å². The maximum absolute atomic E-state index is 12.5. The van der Waals surface area contributed by atoms with Crippen molar-refractivity contribution in [3.63, 3.8) is 0 Å². The molecule has 0 saturated heterocycles. The van der Waals surface area contributed by atoms with E-state index in [9.17, 15) is 9.59 Å². The number of nitrogens with zero attached hydrogens (tertiary/aromatic N) is 1. The van der Waals surface area contributed by atoms with Crippen LogP contribution in [0.3, 0.4) is 0 Å². The normalized spacial score (nSPS) is 14.2. The smallest absolute Gasteiger partial charge is 0.274 e. The largest absolute Gasteiger partial charge is 0.437 e. The first-order chi connectivity index (χ1) is 22.7. The molecule has 1 aliphatic carbocycles.